The highest BCUT2D eigenvalue weighted by atomic mass is 35.5. The number of hydrogen-bond acceptors (Lipinski definition) is 4. The Morgan fingerprint density at radius 3 is 2.33 bits per heavy atom. The molecule has 0 aliphatic carbocycles. The lowest BCUT2D eigenvalue weighted by atomic mass is 9.85. The number of nitrogens with one attached hydrogen (secondary N) is 1. The molecule has 0 bridgehead atoms. The molecular weight excluding hydrogens is 535 g/mol. The number of pyridine rings is 1. The van der Waals surface area contributed by atoms with Crippen molar-refractivity contribution in [1.29, 1.82) is 0 Å². The van der Waals surface area contributed by atoms with E-state index in [2.05, 4.69) is 17.2 Å². The summed E-state index contributed by atoms with van der Waals surface area (Å²) in [6, 6.07) is 22.7. The Kier molecular flexibility index (Phi) is 9.44. The number of hydrogen-bond donors (Lipinski definition) is 2. The number of carbonyl (C=O) groups is 2. The van der Waals surface area contributed by atoms with Crippen LogP contribution in [0.3, 0.4) is 0 Å². The molecule has 1 amide bonds. The van der Waals surface area contributed by atoms with E-state index in [4.69, 9.17) is 33.0 Å². The van der Waals surface area contributed by atoms with Crippen molar-refractivity contribution in [2.75, 3.05) is 6.54 Å². The fourth-order valence-electron chi connectivity index (χ4n) is 4.56. The van der Waals surface area contributed by atoms with Crippen LogP contribution < -0.4 is 10.1 Å². The van der Waals surface area contributed by atoms with Crippen molar-refractivity contribution in [1.82, 2.24) is 10.3 Å². The third-order valence-corrected chi connectivity index (χ3v) is 7.07. The molecular formula is C31H30Cl2N2O4. The maximum atomic E-state index is 12.5. The zero-order valence-corrected chi connectivity index (χ0v) is 23.3. The highest BCUT2D eigenvalue weighted by Gasteiger charge is 2.27. The van der Waals surface area contributed by atoms with Gasteiger partial charge in [-0.3, -0.25) is 14.6 Å². The molecule has 3 aromatic carbocycles. The van der Waals surface area contributed by atoms with E-state index in [1.165, 1.54) is 0 Å². The Labute approximate surface area is 237 Å². The number of carboxylic acids is 1. The summed E-state index contributed by atoms with van der Waals surface area (Å²) in [6.07, 6.45) is 1.22. The number of aromatic nitrogens is 1. The number of amides is 1. The van der Waals surface area contributed by atoms with Crippen LogP contribution in [-0.2, 0) is 4.79 Å². The molecule has 2 atom stereocenters. The predicted molar refractivity (Wildman–Crippen MR) is 155 cm³/mol. The smallest absolute Gasteiger partial charge is 0.305 e. The molecule has 4 aromatic rings. The number of ether oxygens (including phenoxy) is 1. The van der Waals surface area contributed by atoms with E-state index in [1.807, 2.05) is 67.6 Å². The summed E-state index contributed by atoms with van der Waals surface area (Å²) in [5.74, 6) is -0.764. The molecule has 2 N–H and O–H groups in total. The highest BCUT2D eigenvalue weighted by Crippen LogP contribution is 2.41. The van der Waals surface area contributed by atoms with E-state index in [9.17, 15) is 9.59 Å². The highest BCUT2D eigenvalue weighted by molar-refractivity contribution is 6.32. The first kappa shape index (κ1) is 28.4. The first-order chi connectivity index (χ1) is 18.7. The van der Waals surface area contributed by atoms with Crippen LogP contribution in [0.5, 0.6) is 5.75 Å². The van der Waals surface area contributed by atoms with Crippen molar-refractivity contribution in [2.24, 2.45) is 0 Å². The van der Waals surface area contributed by atoms with Crippen LogP contribution >= 0.6 is 23.2 Å². The van der Waals surface area contributed by atoms with Gasteiger partial charge in [-0.15, -0.1) is 0 Å². The summed E-state index contributed by atoms with van der Waals surface area (Å²) in [6.45, 7) is 4.13. The number of nitrogens with zero attached hydrogens (tertiary/aromatic N) is 1. The summed E-state index contributed by atoms with van der Waals surface area (Å²) < 4.78 is 6.69. The molecule has 6 nitrogen and oxygen atoms in total. The van der Waals surface area contributed by atoms with Gasteiger partial charge in [0.15, 0.2) is 0 Å². The lowest BCUT2D eigenvalue weighted by molar-refractivity contribution is -0.136. The molecule has 0 saturated carbocycles. The quantitative estimate of drug-likeness (QED) is 0.194. The van der Waals surface area contributed by atoms with Gasteiger partial charge in [-0.05, 0) is 66.9 Å². The normalized spacial score (nSPS) is 12.6. The number of rotatable bonds is 11. The Hall–Kier alpha value is -3.61. The van der Waals surface area contributed by atoms with Gasteiger partial charge in [0.1, 0.15) is 11.9 Å². The summed E-state index contributed by atoms with van der Waals surface area (Å²) in [5.41, 5.74) is 4.13. The van der Waals surface area contributed by atoms with Gasteiger partial charge in [-0.1, -0.05) is 66.9 Å². The summed E-state index contributed by atoms with van der Waals surface area (Å²) >= 11 is 12.9. The zero-order chi connectivity index (χ0) is 27.9. The second kappa shape index (κ2) is 13.0. The van der Waals surface area contributed by atoms with Crippen molar-refractivity contribution in [3.63, 3.8) is 0 Å². The third-order valence-electron chi connectivity index (χ3n) is 6.53. The van der Waals surface area contributed by atoms with Crippen LogP contribution in [0.15, 0.2) is 72.8 Å². The first-order valence-electron chi connectivity index (χ1n) is 12.8. The Balaban J connectivity index is 1.68. The first-order valence-corrected chi connectivity index (χ1v) is 13.6. The molecule has 0 fully saturated rings. The van der Waals surface area contributed by atoms with Crippen LogP contribution in [0.4, 0.5) is 0 Å². The van der Waals surface area contributed by atoms with Crippen LogP contribution in [0.1, 0.15) is 65.4 Å². The number of carbonyl (C=O) groups excluding carboxylic acids is 1. The van der Waals surface area contributed by atoms with E-state index >= 15 is 0 Å². The molecule has 0 aliphatic rings. The van der Waals surface area contributed by atoms with Gasteiger partial charge in [-0.2, -0.15) is 0 Å². The van der Waals surface area contributed by atoms with Gasteiger partial charge in [0.2, 0.25) is 0 Å². The SMILES string of the molecule is CCC[C@H](c1ccc(C(=O)NCCC(=O)O)cc1)[C@H](Oc1cc2ccc(C)nc2cc1Cl)c1ccc(Cl)cc1. The molecule has 0 unspecified atom stereocenters. The summed E-state index contributed by atoms with van der Waals surface area (Å²) in [7, 11) is 0. The average Bonchev–Trinajstić information content (AvgIpc) is 2.91. The average molecular weight is 565 g/mol. The van der Waals surface area contributed by atoms with Gasteiger partial charge in [0, 0.05) is 34.1 Å². The molecule has 4 rings (SSSR count). The number of aliphatic carboxylic acids is 1. The van der Waals surface area contributed by atoms with Gasteiger partial charge < -0.3 is 15.2 Å². The van der Waals surface area contributed by atoms with Crippen LogP contribution in [0.2, 0.25) is 10.0 Å². The fraction of sp³-hybridized carbons (Fsp3) is 0.258. The number of benzene rings is 3. The minimum Gasteiger partial charge on any atom is -0.484 e. The number of carboxylic acid groups (broad SMARTS) is 1. The molecule has 8 heteroatoms. The van der Waals surface area contributed by atoms with Gasteiger partial charge in [0.25, 0.3) is 5.91 Å². The number of aryl methyl sites for hydroxylation is 1. The van der Waals surface area contributed by atoms with E-state index in [1.54, 1.807) is 12.1 Å². The minimum absolute atomic E-state index is 0.0526. The summed E-state index contributed by atoms with van der Waals surface area (Å²) in [4.78, 5) is 27.8. The Morgan fingerprint density at radius 1 is 0.974 bits per heavy atom. The minimum atomic E-state index is -0.959. The molecule has 0 saturated heterocycles. The van der Waals surface area contributed by atoms with Gasteiger partial charge >= 0.3 is 5.97 Å². The second-order valence-electron chi connectivity index (χ2n) is 9.43. The second-order valence-corrected chi connectivity index (χ2v) is 10.3. The molecule has 0 radical (unpaired) electrons. The van der Waals surface area contributed by atoms with Crippen molar-refractivity contribution in [3.05, 3.63) is 105 Å². The standard InChI is InChI=1S/C31H30Cl2N2O4/c1-3-4-25(20-7-9-22(10-8-20)31(38)34-16-15-29(36)37)30(21-11-13-24(32)14-12-21)39-28-17-23-6-5-19(2)35-27(23)18-26(28)33/h5-14,17-18,25,30H,3-4,15-16H2,1-2H3,(H,34,38)(H,36,37)/t25-,30-/m1/s1. The van der Waals surface area contributed by atoms with Crippen LogP contribution in [0.25, 0.3) is 10.9 Å². The third kappa shape index (κ3) is 7.28. The van der Waals surface area contributed by atoms with Crippen molar-refractivity contribution in [3.8, 4) is 5.75 Å². The van der Waals surface area contributed by atoms with E-state index in [0.29, 0.717) is 21.4 Å². The van der Waals surface area contributed by atoms with E-state index in [0.717, 1.165) is 40.6 Å². The van der Waals surface area contributed by atoms with Crippen LogP contribution in [0, 0.1) is 6.92 Å². The van der Waals surface area contributed by atoms with Crippen LogP contribution in [-0.4, -0.2) is 28.5 Å². The van der Waals surface area contributed by atoms with Crippen molar-refractivity contribution >= 4 is 46.0 Å². The molecule has 0 aliphatic heterocycles. The molecule has 1 heterocycles. The predicted octanol–water partition coefficient (Wildman–Crippen LogP) is 7.76. The lowest BCUT2D eigenvalue weighted by Crippen LogP contribution is -2.26. The molecule has 39 heavy (non-hydrogen) atoms. The lowest BCUT2D eigenvalue weighted by Gasteiger charge is -2.29. The summed E-state index contributed by atoms with van der Waals surface area (Å²) in [5, 5.41) is 13.5. The topological polar surface area (TPSA) is 88.5 Å². The maximum absolute atomic E-state index is 12.5. The fourth-order valence-corrected chi connectivity index (χ4v) is 4.89. The molecule has 0 spiro atoms. The number of halogens is 2. The largest absolute Gasteiger partial charge is 0.484 e. The van der Waals surface area contributed by atoms with Crippen molar-refractivity contribution < 1.29 is 19.4 Å². The number of fused-ring (bicyclic) bond motifs is 1. The van der Waals surface area contributed by atoms with Gasteiger partial charge in [0.05, 0.1) is 17.0 Å². The monoisotopic (exact) mass is 564 g/mol. The molecule has 1 aromatic heterocycles. The maximum Gasteiger partial charge on any atom is 0.305 e. The zero-order valence-electron chi connectivity index (χ0n) is 21.8. The van der Waals surface area contributed by atoms with Gasteiger partial charge in [-0.25, -0.2) is 0 Å². The Morgan fingerprint density at radius 2 is 1.67 bits per heavy atom. The van der Waals surface area contributed by atoms with E-state index in [-0.39, 0.29) is 30.9 Å². The Bertz CT molecular complexity index is 1460. The van der Waals surface area contributed by atoms with Crippen molar-refractivity contribution in [2.45, 2.75) is 45.1 Å². The van der Waals surface area contributed by atoms with E-state index < -0.39 is 5.97 Å². The molecule has 202 valence electrons.